The monoisotopic (exact) mass is 898 g/mol. The number of carboxylic acids is 4. The lowest BCUT2D eigenvalue weighted by atomic mass is 9.77. The predicted molar refractivity (Wildman–Crippen MR) is 180 cm³/mol. The van der Waals surface area contributed by atoms with Crippen LogP contribution in [0, 0.1) is 5.41 Å². The van der Waals surface area contributed by atoms with Gasteiger partial charge in [-0.1, -0.05) is 12.1 Å². The van der Waals surface area contributed by atoms with Crippen LogP contribution in [0.5, 0.6) is 0 Å². The van der Waals surface area contributed by atoms with Gasteiger partial charge in [-0.15, -0.1) is 0 Å². The third-order valence-corrected chi connectivity index (χ3v) is 8.63. The van der Waals surface area contributed by atoms with E-state index in [1.54, 1.807) is 6.20 Å². The van der Waals surface area contributed by atoms with Gasteiger partial charge in [-0.05, 0) is 55.1 Å². The first-order valence-corrected chi connectivity index (χ1v) is 17.0. The molecule has 0 amide bonds. The average molecular weight is 899 g/mol. The van der Waals surface area contributed by atoms with Gasteiger partial charge in [0.05, 0.1) is 17.0 Å². The number of alkyl halides is 12. The number of nitrogens with zero attached hydrogens (tertiary/aromatic N) is 6. The molecule has 338 valence electrons. The van der Waals surface area contributed by atoms with E-state index < -0.39 is 48.6 Å². The van der Waals surface area contributed by atoms with Crippen molar-refractivity contribution in [2.24, 2.45) is 5.41 Å². The van der Waals surface area contributed by atoms with E-state index in [2.05, 4.69) is 38.0 Å². The number of rotatable bonds is 4. The van der Waals surface area contributed by atoms with Crippen LogP contribution in [0.3, 0.4) is 0 Å². The van der Waals surface area contributed by atoms with Crippen LogP contribution in [-0.4, -0.2) is 118 Å². The summed E-state index contributed by atoms with van der Waals surface area (Å²) in [4.78, 5) is 67.7. The molecule has 6 heterocycles. The van der Waals surface area contributed by atoms with Gasteiger partial charge in [-0.2, -0.15) is 52.7 Å². The molecule has 0 saturated carbocycles. The molecule has 3 aromatic rings. The number of hydrogen-bond donors (Lipinski definition) is 4. The van der Waals surface area contributed by atoms with Gasteiger partial charge in [0.2, 0.25) is 0 Å². The van der Waals surface area contributed by atoms with Crippen LogP contribution in [0.15, 0.2) is 53.7 Å². The molecule has 1 saturated heterocycles. The Morgan fingerprint density at radius 2 is 1.18 bits per heavy atom. The Morgan fingerprint density at radius 1 is 0.672 bits per heavy atom. The average Bonchev–Trinajstić information content (AvgIpc) is 3.51. The highest BCUT2D eigenvalue weighted by Gasteiger charge is 2.43. The molecule has 1 spiro atoms. The zero-order chi connectivity index (χ0) is 46.6. The Hall–Kier alpha value is -5.86. The molecule has 0 unspecified atom stereocenters. The minimum absolute atomic E-state index is 0.180. The van der Waals surface area contributed by atoms with E-state index >= 15 is 0 Å². The number of halogens is 12. The van der Waals surface area contributed by atoms with Crippen LogP contribution in [0.25, 0.3) is 0 Å². The SMILES string of the molecule is O=C(O)C(F)(F)F.O=C(O)C(F)(F)F.O=C(O)C(F)(F)F.O=C(O)C(F)(F)F.O=c1c2c(nc3n1CC1(CCN(Cc4ccccn4)CC1)C3)CCN(Cc1cccnc1)C2. The number of piperidine rings is 1. The number of carboxylic acid groups (broad SMARTS) is 4. The van der Waals surface area contributed by atoms with Gasteiger partial charge in [0.1, 0.15) is 5.82 Å². The molecule has 6 rings (SSSR count). The molecular formula is C34H34F12N6O9. The second kappa shape index (κ2) is 21.1. The maximum absolute atomic E-state index is 13.5. The van der Waals surface area contributed by atoms with Crippen LogP contribution in [0.1, 0.15) is 41.2 Å². The zero-order valence-electron chi connectivity index (χ0n) is 30.9. The third kappa shape index (κ3) is 17.0. The quantitative estimate of drug-likeness (QED) is 0.255. The molecule has 27 heteroatoms. The van der Waals surface area contributed by atoms with Crippen molar-refractivity contribution < 1.29 is 92.3 Å². The van der Waals surface area contributed by atoms with E-state index in [4.69, 9.17) is 44.6 Å². The smallest absolute Gasteiger partial charge is 0.475 e. The van der Waals surface area contributed by atoms with Crippen molar-refractivity contribution in [3.8, 4) is 0 Å². The fourth-order valence-electron chi connectivity index (χ4n) is 5.77. The second-order valence-electron chi connectivity index (χ2n) is 13.2. The highest BCUT2D eigenvalue weighted by atomic mass is 19.4. The first-order chi connectivity index (χ1) is 27.9. The zero-order valence-corrected chi connectivity index (χ0v) is 30.9. The van der Waals surface area contributed by atoms with Crippen molar-refractivity contribution in [3.05, 3.63) is 87.6 Å². The Labute approximate surface area is 334 Å². The Morgan fingerprint density at radius 3 is 1.61 bits per heavy atom. The van der Waals surface area contributed by atoms with Gasteiger partial charge < -0.3 is 20.4 Å². The van der Waals surface area contributed by atoms with Crippen LogP contribution >= 0.6 is 0 Å². The van der Waals surface area contributed by atoms with Crippen molar-refractivity contribution in [1.82, 2.24) is 29.3 Å². The van der Waals surface area contributed by atoms with Gasteiger partial charge in [0.25, 0.3) is 5.56 Å². The lowest BCUT2D eigenvalue weighted by Crippen LogP contribution is -2.41. The summed E-state index contributed by atoms with van der Waals surface area (Å²) in [6.45, 7) is 6.28. The summed E-state index contributed by atoms with van der Waals surface area (Å²) in [5.74, 6) is -10.0. The van der Waals surface area contributed by atoms with Crippen molar-refractivity contribution in [3.63, 3.8) is 0 Å². The van der Waals surface area contributed by atoms with Gasteiger partial charge in [0, 0.05) is 64.2 Å². The van der Waals surface area contributed by atoms with Crippen LogP contribution < -0.4 is 5.56 Å². The second-order valence-corrected chi connectivity index (χ2v) is 13.2. The molecule has 1 fully saturated rings. The highest BCUT2D eigenvalue weighted by Crippen LogP contribution is 2.41. The van der Waals surface area contributed by atoms with E-state index in [1.165, 1.54) is 5.56 Å². The van der Waals surface area contributed by atoms with Crippen molar-refractivity contribution in [2.45, 2.75) is 76.6 Å². The minimum atomic E-state index is -5.08. The predicted octanol–water partition coefficient (Wildman–Crippen LogP) is 4.96. The molecule has 0 aromatic carbocycles. The van der Waals surface area contributed by atoms with Crippen molar-refractivity contribution in [1.29, 1.82) is 0 Å². The Bertz CT molecular complexity index is 1910. The van der Waals surface area contributed by atoms with E-state index in [9.17, 15) is 57.5 Å². The van der Waals surface area contributed by atoms with Crippen LogP contribution in [-0.2, 0) is 58.2 Å². The van der Waals surface area contributed by atoms with Gasteiger partial charge in [-0.25, -0.2) is 24.2 Å². The van der Waals surface area contributed by atoms with E-state index in [0.717, 1.165) is 87.7 Å². The third-order valence-electron chi connectivity index (χ3n) is 8.63. The topological polar surface area (TPSA) is 216 Å². The summed E-state index contributed by atoms with van der Waals surface area (Å²) in [5.41, 5.74) is 4.62. The normalized spacial score (nSPS) is 16.0. The van der Waals surface area contributed by atoms with E-state index in [-0.39, 0.29) is 11.0 Å². The number of fused-ring (bicyclic) bond motifs is 2. The number of aromatic nitrogens is 4. The number of likely N-dealkylation sites (tertiary alicyclic amines) is 1. The number of pyridine rings is 2. The van der Waals surface area contributed by atoms with E-state index in [0.29, 0.717) is 6.54 Å². The van der Waals surface area contributed by atoms with Gasteiger partial charge in [-0.3, -0.25) is 29.1 Å². The lowest BCUT2D eigenvalue weighted by Gasteiger charge is -2.38. The summed E-state index contributed by atoms with van der Waals surface area (Å²) in [6.07, 6.45) is -10.7. The lowest BCUT2D eigenvalue weighted by molar-refractivity contribution is -0.193. The van der Waals surface area contributed by atoms with Crippen molar-refractivity contribution >= 4 is 23.9 Å². The van der Waals surface area contributed by atoms with E-state index in [1.807, 2.05) is 29.1 Å². The first kappa shape index (κ1) is 51.3. The van der Waals surface area contributed by atoms with Crippen LogP contribution in [0.4, 0.5) is 52.7 Å². The summed E-state index contributed by atoms with van der Waals surface area (Å²) >= 11 is 0. The van der Waals surface area contributed by atoms with Gasteiger partial charge in [0.15, 0.2) is 0 Å². The molecule has 0 bridgehead atoms. The maximum atomic E-state index is 13.5. The number of carbonyl (C=O) groups is 4. The molecule has 4 N–H and O–H groups in total. The molecule has 0 atom stereocenters. The largest absolute Gasteiger partial charge is 0.490 e. The molecule has 3 aliphatic heterocycles. The molecule has 61 heavy (non-hydrogen) atoms. The molecule has 0 aliphatic carbocycles. The van der Waals surface area contributed by atoms with Crippen LogP contribution in [0.2, 0.25) is 0 Å². The van der Waals surface area contributed by atoms with Gasteiger partial charge >= 0.3 is 48.6 Å². The first-order valence-electron chi connectivity index (χ1n) is 17.0. The fourth-order valence-corrected chi connectivity index (χ4v) is 5.77. The summed E-state index contributed by atoms with van der Waals surface area (Å²) in [5, 5.41) is 28.5. The highest BCUT2D eigenvalue weighted by molar-refractivity contribution is 5.74. The molecular weight excluding hydrogens is 864 g/mol. The Kier molecular flexibility index (Phi) is 17.7. The standard InChI is InChI=1S/C26H30N6O.4C2HF3O2/c33-25-22-18-31(16-20-4-3-9-27-15-20)11-6-23(22)29-24-14-26(19-32(24)25)7-12-30(13-8-26)17-21-5-1-2-10-28-21;4*3-2(4,5)1(6)7/h1-5,9-10,15H,6-8,11-14,16-19H2;4*(H,6,7). The van der Waals surface area contributed by atoms with Crippen molar-refractivity contribution in [2.75, 3.05) is 19.6 Å². The summed E-state index contributed by atoms with van der Waals surface area (Å²) in [6, 6.07) is 10.2. The number of hydrogen-bond acceptors (Lipinski definition) is 10. The summed E-state index contributed by atoms with van der Waals surface area (Å²) < 4.78 is 129. The molecule has 15 nitrogen and oxygen atoms in total. The maximum Gasteiger partial charge on any atom is 0.490 e. The molecule has 3 aromatic heterocycles. The fraction of sp³-hybridized carbons (Fsp3) is 0.471. The Balaban J connectivity index is 0.000000372. The number of aliphatic carboxylic acids is 4. The molecule has 3 aliphatic rings. The molecule has 0 radical (unpaired) electrons. The minimum Gasteiger partial charge on any atom is -0.475 e. The summed E-state index contributed by atoms with van der Waals surface area (Å²) in [7, 11) is 0.